The van der Waals surface area contributed by atoms with Gasteiger partial charge in [0.1, 0.15) is 0 Å². The smallest absolute Gasteiger partial charge is 0.312 e. The third-order valence-electron chi connectivity index (χ3n) is 3.76. The summed E-state index contributed by atoms with van der Waals surface area (Å²) in [5.41, 5.74) is 5.04. The second-order valence-electron chi connectivity index (χ2n) is 7.56. The monoisotopic (exact) mass is 356 g/mol. The molecule has 7 heteroatoms. The number of carbonyl (C=O) groups is 3. The number of hydrogen-bond donors (Lipinski definition) is 4. The standard InChI is InChI=1S/C18H36N4O3/c1-11(2)10-15(21-13(5)6)17(24)22-14(16(23)12(3)4)8-7-9-20-18(19)25/h11-15,21H,7-10H2,1-6H3,(H,22,24)(H3,19,20,25). The van der Waals surface area contributed by atoms with Crippen LogP contribution >= 0.6 is 0 Å². The number of primary amides is 1. The highest BCUT2D eigenvalue weighted by atomic mass is 16.2. The van der Waals surface area contributed by atoms with Crippen molar-refractivity contribution in [2.24, 2.45) is 17.6 Å². The van der Waals surface area contributed by atoms with Gasteiger partial charge in [-0.15, -0.1) is 0 Å². The molecule has 0 aliphatic rings. The molecule has 0 aliphatic heterocycles. The summed E-state index contributed by atoms with van der Waals surface area (Å²) in [7, 11) is 0. The number of ketones is 1. The lowest BCUT2D eigenvalue weighted by Gasteiger charge is -2.26. The molecule has 2 unspecified atom stereocenters. The first-order chi connectivity index (χ1) is 11.5. The van der Waals surface area contributed by atoms with Crippen LogP contribution in [0.25, 0.3) is 0 Å². The molecule has 25 heavy (non-hydrogen) atoms. The van der Waals surface area contributed by atoms with E-state index in [-0.39, 0.29) is 29.7 Å². The molecule has 0 radical (unpaired) electrons. The molecule has 3 amide bonds. The normalized spacial score (nSPS) is 13.8. The van der Waals surface area contributed by atoms with Crippen LogP contribution in [0.3, 0.4) is 0 Å². The van der Waals surface area contributed by atoms with Crippen molar-refractivity contribution < 1.29 is 14.4 Å². The highest BCUT2D eigenvalue weighted by molar-refractivity contribution is 5.91. The number of carbonyl (C=O) groups excluding carboxylic acids is 3. The number of nitrogens with two attached hydrogens (primary N) is 1. The Hall–Kier alpha value is -1.63. The molecular weight excluding hydrogens is 320 g/mol. The maximum Gasteiger partial charge on any atom is 0.312 e. The van der Waals surface area contributed by atoms with Gasteiger partial charge in [-0.25, -0.2) is 4.79 Å². The number of Topliss-reactive ketones (excluding diaryl/α,β-unsaturated/α-hetero) is 1. The van der Waals surface area contributed by atoms with Gasteiger partial charge in [-0.3, -0.25) is 9.59 Å². The number of hydrogen-bond acceptors (Lipinski definition) is 4. The van der Waals surface area contributed by atoms with Crippen LogP contribution in [0.15, 0.2) is 0 Å². The molecule has 0 bridgehead atoms. The highest BCUT2D eigenvalue weighted by Crippen LogP contribution is 2.10. The van der Waals surface area contributed by atoms with Crippen molar-refractivity contribution in [2.75, 3.05) is 6.54 Å². The van der Waals surface area contributed by atoms with Crippen LogP contribution in [0.1, 0.15) is 60.8 Å². The van der Waals surface area contributed by atoms with Crippen molar-refractivity contribution in [3.05, 3.63) is 0 Å². The van der Waals surface area contributed by atoms with Gasteiger partial charge < -0.3 is 21.7 Å². The molecule has 146 valence electrons. The van der Waals surface area contributed by atoms with E-state index in [1.165, 1.54) is 0 Å². The maximum atomic E-state index is 12.7. The fraction of sp³-hybridized carbons (Fsp3) is 0.833. The number of rotatable bonds is 12. The minimum Gasteiger partial charge on any atom is -0.352 e. The van der Waals surface area contributed by atoms with Crippen LogP contribution in [0, 0.1) is 11.8 Å². The zero-order valence-electron chi connectivity index (χ0n) is 16.5. The number of amides is 3. The van der Waals surface area contributed by atoms with Crippen molar-refractivity contribution in [3.8, 4) is 0 Å². The van der Waals surface area contributed by atoms with Crippen molar-refractivity contribution in [2.45, 2.75) is 78.9 Å². The molecule has 0 aromatic heterocycles. The van der Waals surface area contributed by atoms with Crippen molar-refractivity contribution in [1.29, 1.82) is 0 Å². The second kappa shape index (κ2) is 11.8. The summed E-state index contributed by atoms with van der Waals surface area (Å²) in [6.07, 6.45) is 1.74. The summed E-state index contributed by atoms with van der Waals surface area (Å²) in [5, 5.41) is 8.67. The minimum absolute atomic E-state index is 0.000249. The molecule has 5 N–H and O–H groups in total. The van der Waals surface area contributed by atoms with E-state index in [2.05, 4.69) is 29.8 Å². The first-order valence-corrected chi connectivity index (χ1v) is 9.18. The maximum absolute atomic E-state index is 12.7. The van der Waals surface area contributed by atoms with Gasteiger partial charge in [0.2, 0.25) is 5.91 Å². The fourth-order valence-corrected chi connectivity index (χ4v) is 2.60. The van der Waals surface area contributed by atoms with Crippen LogP contribution in [0.5, 0.6) is 0 Å². The van der Waals surface area contributed by atoms with Gasteiger partial charge in [-0.2, -0.15) is 0 Å². The molecule has 0 spiro atoms. The molecule has 0 rings (SSSR count). The van der Waals surface area contributed by atoms with Crippen LogP contribution in [-0.4, -0.2) is 42.4 Å². The van der Waals surface area contributed by atoms with E-state index in [1.54, 1.807) is 0 Å². The summed E-state index contributed by atoms with van der Waals surface area (Å²) in [6, 6.07) is -1.29. The van der Waals surface area contributed by atoms with Gasteiger partial charge in [0, 0.05) is 18.5 Å². The Labute approximate surface area is 151 Å². The van der Waals surface area contributed by atoms with E-state index in [0.29, 0.717) is 31.7 Å². The van der Waals surface area contributed by atoms with E-state index in [0.717, 1.165) is 0 Å². The SMILES string of the molecule is CC(C)CC(NC(C)C)C(=O)NC(CCCNC(N)=O)C(=O)C(C)C. The van der Waals surface area contributed by atoms with Gasteiger partial charge in [-0.05, 0) is 25.2 Å². The summed E-state index contributed by atoms with van der Waals surface area (Å²) < 4.78 is 0. The second-order valence-corrected chi connectivity index (χ2v) is 7.56. The van der Waals surface area contributed by atoms with E-state index in [1.807, 2.05) is 27.7 Å². The topological polar surface area (TPSA) is 113 Å². The molecule has 0 fully saturated rings. The van der Waals surface area contributed by atoms with Gasteiger partial charge >= 0.3 is 6.03 Å². The van der Waals surface area contributed by atoms with Crippen molar-refractivity contribution in [1.82, 2.24) is 16.0 Å². The average molecular weight is 357 g/mol. The molecule has 0 heterocycles. The third-order valence-corrected chi connectivity index (χ3v) is 3.76. The minimum atomic E-state index is -0.589. The van der Waals surface area contributed by atoms with Gasteiger partial charge in [0.25, 0.3) is 0 Å². The summed E-state index contributed by atoms with van der Waals surface area (Å²) in [5.74, 6) is 0.0431. The van der Waals surface area contributed by atoms with E-state index >= 15 is 0 Å². The van der Waals surface area contributed by atoms with E-state index in [4.69, 9.17) is 5.73 Å². The van der Waals surface area contributed by atoms with Gasteiger partial charge in [0.15, 0.2) is 5.78 Å². The van der Waals surface area contributed by atoms with Crippen LogP contribution < -0.4 is 21.7 Å². The van der Waals surface area contributed by atoms with Gasteiger partial charge in [0.05, 0.1) is 12.1 Å². The number of urea groups is 1. The predicted octanol–water partition coefficient (Wildman–Crippen LogP) is 1.56. The van der Waals surface area contributed by atoms with E-state index in [9.17, 15) is 14.4 Å². The quantitative estimate of drug-likeness (QED) is 0.397. The Balaban J connectivity index is 4.89. The van der Waals surface area contributed by atoms with Crippen LogP contribution in [-0.2, 0) is 9.59 Å². The van der Waals surface area contributed by atoms with Crippen LogP contribution in [0.2, 0.25) is 0 Å². The molecule has 0 saturated carbocycles. The molecule has 0 aliphatic carbocycles. The Morgan fingerprint density at radius 2 is 1.56 bits per heavy atom. The Bertz CT molecular complexity index is 426. The Morgan fingerprint density at radius 3 is 2.00 bits per heavy atom. The molecule has 2 atom stereocenters. The lowest BCUT2D eigenvalue weighted by atomic mass is 9.96. The zero-order valence-corrected chi connectivity index (χ0v) is 16.5. The first-order valence-electron chi connectivity index (χ1n) is 9.18. The third kappa shape index (κ3) is 10.8. The van der Waals surface area contributed by atoms with E-state index < -0.39 is 12.1 Å². The molecule has 7 nitrogen and oxygen atoms in total. The van der Waals surface area contributed by atoms with Crippen molar-refractivity contribution in [3.63, 3.8) is 0 Å². The van der Waals surface area contributed by atoms with Crippen LogP contribution in [0.4, 0.5) is 4.79 Å². The highest BCUT2D eigenvalue weighted by Gasteiger charge is 2.27. The molecular formula is C18H36N4O3. The van der Waals surface area contributed by atoms with Crippen molar-refractivity contribution >= 4 is 17.7 Å². The molecule has 0 aromatic rings. The zero-order chi connectivity index (χ0) is 19.6. The summed E-state index contributed by atoms with van der Waals surface area (Å²) >= 11 is 0. The fourth-order valence-electron chi connectivity index (χ4n) is 2.60. The summed E-state index contributed by atoms with van der Waals surface area (Å²) in [4.78, 5) is 35.8. The molecule has 0 saturated heterocycles. The lowest BCUT2D eigenvalue weighted by Crippen LogP contribution is -2.52. The number of nitrogens with one attached hydrogen (secondary N) is 3. The largest absolute Gasteiger partial charge is 0.352 e. The summed E-state index contributed by atoms with van der Waals surface area (Å²) in [6.45, 7) is 12.1. The average Bonchev–Trinajstić information content (AvgIpc) is 2.47. The lowest BCUT2D eigenvalue weighted by molar-refractivity contribution is -0.130. The molecule has 0 aromatic carbocycles. The first kappa shape index (κ1) is 23.4. The Kier molecular flexibility index (Phi) is 11.1. The Morgan fingerprint density at radius 1 is 0.960 bits per heavy atom. The predicted molar refractivity (Wildman–Crippen MR) is 100 cm³/mol. The van der Waals surface area contributed by atoms with Gasteiger partial charge in [-0.1, -0.05) is 41.5 Å².